The molecule has 6 heteroatoms. The van der Waals surface area contributed by atoms with Crippen LogP contribution in [0.2, 0.25) is 0 Å². The van der Waals surface area contributed by atoms with Crippen LogP contribution in [0.4, 0.5) is 0 Å². The van der Waals surface area contributed by atoms with Gasteiger partial charge in [0.2, 0.25) is 0 Å². The molecule has 0 spiro atoms. The van der Waals surface area contributed by atoms with Crippen LogP contribution < -0.4 is 0 Å². The van der Waals surface area contributed by atoms with Crippen molar-refractivity contribution in [2.24, 2.45) is 17.8 Å². The second-order valence-electron chi connectivity index (χ2n) is 9.44. The molecule has 1 saturated heterocycles. The fraction of sp³-hybridized carbons (Fsp3) is 0.565. The lowest BCUT2D eigenvalue weighted by molar-refractivity contribution is 0.0374. The molecule has 0 bridgehead atoms. The molecular weight excluding hydrogens is 362 g/mol. The molecular formula is C23H31N5O. The van der Waals surface area contributed by atoms with Crippen molar-refractivity contribution in [3.63, 3.8) is 0 Å². The third-order valence-corrected chi connectivity index (χ3v) is 6.72. The summed E-state index contributed by atoms with van der Waals surface area (Å²) in [7, 11) is 0. The van der Waals surface area contributed by atoms with Gasteiger partial charge in [-0.25, -0.2) is 4.98 Å². The molecule has 5 rings (SSSR count). The summed E-state index contributed by atoms with van der Waals surface area (Å²) in [6, 6.07) is 10.6. The average molecular weight is 394 g/mol. The number of aliphatic hydroxyl groups is 1. The number of nitrogens with one attached hydrogen (secondary N) is 1. The summed E-state index contributed by atoms with van der Waals surface area (Å²) in [6.45, 7) is 7.54. The summed E-state index contributed by atoms with van der Waals surface area (Å²) >= 11 is 0. The second kappa shape index (κ2) is 7.58. The number of hydrogen-bond acceptors (Lipinski definition) is 4. The lowest BCUT2D eigenvalue weighted by atomic mass is 9.77. The van der Waals surface area contributed by atoms with Gasteiger partial charge in [-0.3, -0.25) is 10.00 Å². The standard InChI is InChI=1S/C23H31N5O/c1-15(2)7-18-10-19(26-25-18)13-27-11-16-8-22(23(29)9-17(16)12-27)28-14-24-20-5-3-4-6-21(20)28/h3-6,10,14-17,22-23,29H,7-9,11-13H2,1-2H3,(H,25,26)/t16-,17+,22-,23-/m1/s1. The van der Waals surface area contributed by atoms with Gasteiger partial charge in [0.1, 0.15) is 0 Å². The van der Waals surface area contributed by atoms with E-state index in [1.165, 1.54) is 5.69 Å². The van der Waals surface area contributed by atoms with Gasteiger partial charge in [0.15, 0.2) is 0 Å². The van der Waals surface area contributed by atoms with Crippen LogP contribution in [0.25, 0.3) is 11.0 Å². The van der Waals surface area contributed by atoms with Crippen LogP contribution in [0.5, 0.6) is 0 Å². The summed E-state index contributed by atoms with van der Waals surface area (Å²) in [5.74, 6) is 1.83. The van der Waals surface area contributed by atoms with Gasteiger partial charge in [0.05, 0.1) is 35.2 Å². The summed E-state index contributed by atoms with van der Waals surface area (Å²) in [5, 5.41) is 18.6. The lowest BCUT2D eigenvalue weighted by Gasteiger charge is -2.36. The SMILES string of the molecule is CC(C)Cc1cc(CN2C[C@H]3C[C@@H](n4cnc5ccccc54)[C@H](O)C[C@H]3C2)[nH]n1. The molecule has 2 aliphatic rings. The largest absolute Gasteiger partial charge is 0.391 e. The van der Waals surface area contributed by atoms with Gasteiger partial charge in [-0.15, -0.1) is 0 Å². The lowest BCUT2D eigenvalue weighted by Crippen LogP contribution is -2.36. The fourth-order valence-electron chi connectivity index (χ4n) is 5.43. The maximum atomic E-state index is 10.9. The summed E-state index contributed by atoms with van der Waals surface area (Å²) in [4.78, 5) is 7.07. The third kappa shape index (κ3) is 3.71. The van der Waals surface area contributed by atoms with Crippen LogP contribution in [0.15, 0.2) is 36.7 Å². The fourth-order valence-corrected chi connectivity index (χ4v) is 5.43. The predicted octanol–water partition coefficient (Wildman–Crippen LogP) is 3.40. The Labute approximate surface area is 171 Å². The first-order valence-corrected chi connectivity index (χ1v) is 10.9. The molecule has 1 aliphatic carbocycles. The summed E-state index contributed by atoms with van der Waals surface area (Å²) in [5.41, 5.74) is 4.50. The van der Waals surface area contributed by atoms with E-state index in [0.29, 0.717) is 17.8 Å². The normalized spacial score (nSPS) is 27.7. The van der Waals surface area contributed by atoms with E-state index in [1.807, 2.05) is 24.5 Å². The highest BCUT2D eigenvalue weighted by Crippen LogP contribution is 2.42. The van der Waals surface area contributed by atoms with Gasteiger partial charge in [-0.2, -0.15) is 5.10 Å². The van der Waals surface area contributed by atoms with E-state index in [2.05, 4.69) is 50.6 Å². The number of likely N-dealkylation sites (tertiary alicyclic amines) is 1. The zero-order chi connectivity index (χ0) is 20.0. The number of fused-ring (bicyclic) bond motifs is 2. The molecule has 0 amide bonds. The molecule has 1 saturated carbocycles. The molecule has 154 valence electrons. The number of aromatic amines is 1. The molecule has 3 heterocycles. The van der Waals surface area contributed by atoms with Gasteiger partial charge in [-0.05, 0) is 55.2 Å². The number of benzene rings is 1. The van der Waals surface area contributed by atoms with Gasteiger partial charge in [0.25, 0.3) is 0 Å². The van der Waals surface area contributed by atoms with E-state index in [4.69, 9.17) is 0 Å². The van der Waals surface area contributed by atoms with Gasteiger partial charge >= 0.3 is 0 Å². The smallest absolute Gasteiger partial charge is 0.0961 e. The Morgan fingerprint density at radius 2 is 1.97 bits per heavy atom. The number of nitrogens with zero attached hydrogens (tertiary/aromatic N) is 4. The first-order chi connectivity index (χ1) is 14.1. The highest BCUT2D eigenvalue weighted by atomic mass is 16.3. The number of aliphatic hydroxyl groups excluding tert-OH is 1. The average Bonchev–Trinajstić information content (AvgIpc) is 3.39. The molecule has 2 aromatic heterocycles. The van der Waals surface area contributed by atoms with Crippen molar-refractivity contribution in [1.29, 1.82) is 0 Å². The van der Waals surface area contributed by atoms with E-state index >= 15 is 0 Å². The van der Waals surface area contributed by atoms with Crippen LogP contribution >= 0.6 is 0 Å². The number of hydrogen-bond donors (Lipinski definition) is 2. The Balaban J connectivity index is 1.27. The molecule has 4 atom stereocenters. The number of rotatable bonds is 5. The van der Waals surface area contributed by atoms with Crippen molar-refractivity contribution < 1.29 is 5.11 Å². The Morgan fingerprint density at radius 3 is 2.79 bits per heavy atom. The third-order valence-electron chi connectivity index (χ3n) is 6.72. The maximum Gasteiger partial charge on any atom is 0.0961 e. The topological polar surface area (TPSA) is 70.0 Å². The van der Waals surface area contributed by atoms with Crippen molar-refractivity contribution in [2.45, 2.75) is 51.8 Å². The Hall–Kier alpha value is -2.18. The second-order valence-corrected chi connectivity index (χ2v) is 9.44. The van der Waals surface area contributed by atoms with Crippen molar-refractivity contribution in [1.82, 2.24) is 24.6 Å². The summed E-state index contributed by atoms with van der Waals surface area (Å²) < 4.78 is 2.20. The summed E-state index contributed by atoms with van der Waals surface area (Å²) in [6.07, 6.45) is 4.52. The molecule has 3 aromatic rings. The molecule has 0 unspecified atom stereocenters. The van der Waals surface area contributed by atoms with E-state index in [-0.39, 0.29) is 12.1 Å². The highest BCUT2D eigenvalue weighted by Gasteiger charge is 2.42. The minimum Gasteiger partial charge on any atom is -0.391 e. The quantitative estimate of drug-likeness (QED) is 0.697. The van der Waals surface area contributed by atoms with Crippen LogP contribution in [-0.4, -0.2) is 48.9 Å². The van der Waals surface area contributed by atoms with Crippen LogP contribution in [0.1, 0.15) is 44.1 Å². The van der Waals surface area contributed by atoms with Gasteiger partial charge < -0.3 is 9.67 Å². The van der Waals surface area contributed by atoms with Crippen molar-refractivity contribution in [3.8, 4) is 0 Å². The Morgan fingerprint density at radius 1 is 1.17 bits per heavy atom. The van der Waals surface area contributed by atoms with E-state index in [1.54, 1.807) is 0 Å². The first-order valence-electron chi connectivity index (χ1n) is 10.9. The number of aromatic nitrogens is 4. The molecule has 2 N–H and O–H groups in total. The van der Waals surface area contributed by atoms with Crippen LogP contribution in [-0.2, 0) is 13.0 Å². The van der Waals surface area contributed by atoms with Crippen LogP contribution in [0, 0.1) is 17.8 Å². The zero-order valence-electron chi connectivity index (χ0n) is 17.3. The number of para-hydroxylation sites is 2. The molecule has 29 heavy (non-hydrogen) atoms. The van der Waals surface area contributed by atoms with E-state index < -0.39 is 0 Å². The molecule has 1 aliphatic heterocycles. The molecule has 6 nitrogen and oxygen atoms in total. The van der Waals surface area contributed by atoms with E-state index in [9.17, 15) is 5.11 Å². The first kappa shape index (κ1) is 18.8. The number of imidazole rings is 1. The number of H-pyrrole nitrogens is 1. The molecule has 1 aromatic carbocycles. The van der Waals surface area contributed by atoms with Crippen LogP contribution in [0.3, 0.4) is 0 Å². The Kier molecular flexibility index (Phi) is 4.92. The van der Waals surface area contributed by atoms with Gasteiger partial charge in [-0.1, -0.05) is 26.0 Å². The maximum absolute atomic E-state index is 10.9. The molecule has 2 fully saturated rings. The molecule has 0 radical (unpaired) electrons. The monoisotopic (exact) mass is 393 g/mol. The van der Waals surface area contributed by atoms with Crippen molar-refractivity contribution in [2.75, 3.05) is 13.1 Å². The predicted molar refractivity (Wildman–Crippen MR) is 113 cm³/mol. The highest BCUT2D eigenvalue weighted by molar-refractivity contribution is 5.75. The zero-order valence-corrected chi connectivity index (χ0v) is 17.3. The van der Waals surface area contributed by atoms with Gasteiger partial charge in [0, 0.05) is 25.3 Å². The Bertz CT molecular complexity index is 976. The van der Waals surface area contributed by atoms with Crippen molar-refractivity contribution in [3.05, 3.63) is 48.0 Å². The minimum atomic E-state index is -0.307. The van der Waals surface area contributed by atoms with Crippen molar-refractivity contribution >= 4 is 11.0 Å². The minimum absolute atomic E-state index is 0.119. The van der Waals surface area contributed by atoms with E-state index in [0.717, 1.165) is 55.6 Å².